The number of benzene rings is 1. The average molecular weight is 374 g/mol. The van der Waals surface area contributed by atoms with Gasteiger partial charge in [0.1, 0.15) is 5.41 Å². The maximum atomic E-state index is 12.8. The molecule has 112 valence electrons. The van der Waals surface area contributed by atoms with Crippen molar-refractivity contribution < 1.29 is 14.4 Å². The molecule has 0 unspecified atom stereocenters. The molecule has 0 saturated carbocycles. The van der Waals surface area contributed by atoms with E-state index in [1.807, 2.05) is 0 Å². The van der Waals surface area contributed by atoms with Crippen LogP contribution in [-0.2, 0) is 9.59 Å². The van der Waals surface area contributed by atoms with E-state index in [1.54, 1.807) is 26.0 Å². The second-order valence-electron chi connectivity index (χ2n) is 4.78. The number of imide groups is 2. The van der Waals surface area contributed by atoms with Gasteiger partial charge in [0.25, 0.3) is 5.91 Å². The van der Waals surface area contributed by atoms with Crippen LogP contribution in [0.2, 0.25) is 5.02 Å². The van der Waals surface area contributed by atoms with E-state index >= 15 is 0 Å². The molecule has 1 aliphatic heterocycles. The molecule has 2 rings (SSSR count). The lowest BCUT2D eigenvalue weighted by molar-refractivity contribution is -0.143. The van der Waals surface area contributed by atoms with Gasteiger partial charge in [0.15, 0.2) is 0 Å². The van der Waals surface area contributed by atoms with Crippen LogP contribution in [0, 0.1) is 5.41 Å². The third-order valence-electron chi connectivity index (χ3n) is 3.83. The highest BCUT2D eigenvalue weighted by Crippen LogP contribution is 2.38. The number of halogens is 2. The molecule has 21 heavy (non-hydrogen) atoms. The van der Waals surface area contributed by atoms with E-state index in [0.29, 0.717) is 28.0 Å². The summed E-state index contributed by atoms with van der Waals surface area (Å²) in [5.41, 5.74) is -0.904. The molecule has 1 fully saturated rings. The van der Waals surface area contributed by atoms with E-state index in [2.05, 4.69) is 21.2 Å². The van der Waals surface area contributed by atoms with Crippen LogP contribution in [0.4, 0.5) is 10.5 Å². The van der Waals surface area contributed by atoms with Crippen molar-refractivity contribution >= 4 is 51.1 Å². The molecule has 0 spiro atoms. The number of anilines is 1. The van der Waals surface area contributed by atoms with Crippen molar-refractivity contribution in [2.45, 2.75) is 26.7 Å². The summed E-state index contributed by atoms with van der Waals surface area (Å²) in [7, 11) is 0. The lowest BCUT2D eigenvalue weighted by atomic mass is 9.78. The topological polar surface area (TPSA) is 66.5 Å². The molecule has 1 aromatic carbocycles. The van der Waals surface area contributed by atoms with Crippen molar-refractivity contribution in [1.82, 2.24) is 5.32 Å². The van der Waals surface area contributed by atoms with Gasteiger partial charge in [0.05, 0.1) is 5.69 Å². The molecule has 1 N–H and O–H groups in total. The van der Waals surface area contributed by atoms with Crippen molar-refractivity contribution in [3.8, 4) is 0 Å². The molecule has 0 aromatic heterocycles. The maximum absolute atomic E-state index is 12.8. The van der Waals surface area contributed by atoms with E-state index in [4.69, 9.17) is 11.6 Å². The number of hydrogen-bond acceptors (Lipinski definition) is 3. The fourth-order valence-electron chi connectivity index (χ4n) is 2.43. The summed E-state index contributed by atoms with van der Waals surface area (Å²) in [6.07, 6.45) is 0.631. The monoisotopic (exact) mass is 372 g/mol. The van der Waals surface area contributed by atoms with Crippen LogP contribution in [-0.4, -0.2) is 17.8 Å². The minimum Gasteiger partial charge on any atom is -0.276 e. The largest absolute Gasteiger partial charge is 0.335 e. The number of carbonyl (C=O) groups excluding carboxylic acids is 3. The summed E-state index contributed by atoms with van der Waals surface area (Å²) < 4.78 is 0.547. The molecule has 1 heterocycles. The Morgan fingerprint density at radius 3 is 2.43 bits per heavy atom. The zero-order chi connectivity index (χ0) is 15.8. The van der Waals surface area contributed by atoms with Gasteiger partial charge >= 0.3 is 6.03 Å². The predicted molar refractivity (Wildman–Crippen MR) is 83.2 cm³/mol. The van der Waals surface area contributed by atoms with E-state index in [-0.39, 0.29) is 0 Å². The summed E-state index contributed by atoms with van der Waals surface area (Å²) >= 11 is 9.24. The van der Waals surface area contributed by atoms with E-state index in [9.17, 15) is 14.4 Å². The highest BCUT2D eigenvalue weighted by Gasteiger charge is 2.52. The van der Waals surface area contributed by atoms with E-state index in [1.165, 1.54) is 6.07 Å². The van der Waals surface area contributed by atoms with Gasteiger partial charge in [-0.1, -0.05) is 25.4 Å². The van der Waals surface area contributed by atoms with Crippen LogP contribution >= 0.6 is 27.5 Å². The Bertz CT molecular complexity index is 629. The van der Waals surface area contributed by atoms with Gasteiger partial charge in [-0.15, -0.1) is 0 Å². The molecule has 0 atom stereocenters. The molecule has 7 heteroatoms. The van der Waals surface area contributed by atoms with Crippen molar-refractivity contribution in [3.63, 3.8) is 0 Å². The van der Waals surface area contributed by atoms with Crippen LogP contribution in [0.1, 0.15) is 26.7 Å². The normalized spacial score (nSPS) is 17.9. The van der Waals surface area contributed by atoms with Crippen molar-refractivity contribution in [3.05, 3.63) is 27.7 Å². The van der Waals surface area contributed by atoms with Gasteiger partial charge in [-0.3, -0.25) is 14.9 Å². The first-order chi connectivity index (χ1) is 9.87. The number of rotatable bonds is 3. The molecule has 0 radical (unpaired) electrons. The first kappa shape index (κ1) is 16.0. The second-order valence-corrected chi connectivity index (χ2v) is 6.08. The van der Waals surface area contributed by atoms with Gasteiger partial charge in [0, 0.05) is 9.50 Å². The Morgan fingerprint density at radius 2 is 1.86 bits per heavy atom. The summed E-state index contributed by atoms with van der Waals surface area (Å²) in [6.45, 7) is 3.50. The van der Waals surface area contributed by atoms with Crippen molar-refractivity contribution in [2.24, 2.45) is 5.41 Å². The first-order valence-corrected chi connectivity index (χ1v) is 7.69. The first-order valence-electron chi connectivity index (χ1n) is 6.52. The van der Waals surface area contributed by atoms with Crippen LogP contribution < -0.4 is 10.2 Å². The summed E-state index contributed by atoms with van der Waals surface area (Å²) in [5, 5.41) is 2.65. The maximum Gasteiger partial charge on any atom is 0.335 e. The van der Waals surface area contributed by atoms with Crippen LogP contribution in [0.3, 0.4) is 0 Å². The highest BCUT2D eigenvalue weighted by molar-refractivity contribution is 9.10. The summed E-state index contributed by atoms with van der Waals surface area (Å²) in [6, 6.07) is 4.04. The van der Waals surface area contributed by atoms with Gasteiger partial charge in [0.2, 0.25) is 5.91 Å². The molecule has 0 bridgehead atoms. The number of hydrogen-bond donors (Lipinski definition) is 1. The summed E-state index contributed by atoms with van der Waals surface area (Å²) in [4.78, 5) is 38.0. The quantitative estimate of drug-likeness (QED) is 0.825. The second kappa shape index (κ2) is 5.77. The minimum absolute atomic E-state index is 0.316. The zero-order valence-corrected chi connectivity index (χ0v) is 13.9. The molecule has 1 aliphatic rings. The molecule has 1 aromatic rings. The number of nitrogens with one attached hydrogen (secondary N) is 1. The molecule has 1 saturated heterocycles. The highest BCUT2D eigenvalue weighted by atomic mass is 79.9. The van der Waals surface area contributed by atoms with E-state index < -0.39 is 23.3 Å². The Kier molecular flexibility index (Phi) is 4.39. The van der Waals surface area contributed by atoms with Crippen LogP contribution in [0.25, 0.3) is 0 Å². The summed E-state index contributed by atoms with van der Waals surface area (Å²) in [5.74, 6) is -1.07. The average Bonchev–Trinajstić information content (AvgIpc) is 2.44. The van der Waals surface area contributed by atoms with Crippen LogP contribution in [0.5, 0.6) is 0 Å². The Morgan fingerprint density at radius 1 is 1.24 bits per heavy atom. The molecule has 0 aliphatic carbocycles. The predicted octanol–water partition coefficient (Wildman–Crippen LogP) is 3.49. The van der Waals surface area contributed by atoms with Crippen molar-refractivity contribution in [2.75, 3.05) is 4.90 Å². The van der Waals surface area contributed by atoms with E-state index in [0.717, 1.165) is 4.90 Å². The van der Waals surface area contributed by atoms with Gasteiger partial charge in [-0.05, 0) is 47.0 Å². The van der Waals surface area contributed by atoms with Gasteiger partial charge in [-0.25, -0.2) is 9.69 Å². The zero-order valence-electron chi connectivity index (χ0n) is 11.6. The molecule has 5 nitrogen and oxygen atoms in total. The Labute approximate surface area is 135 Å². The fraction of sp³-hybridized carbons (Fsp3) is 0.357. The number of barbiturate groups is 1. The molecule has 4 amide bonds. The van der Waals surface area contributed by atoms with Gasteiger partial charge < -0.3 is 0 Å². The molecular weight excluding hydrogens is 360 g/mol. The number of amides is 4. The van der Waals surface area contributed by atoms with Crippen molar-refractivity contribution in [1.29, 1.82) is 0 Å². The van der Waals surface area contributed by atoms with Crippen LogP contribution in [0.15, 0.2) is 22.7 Å². The number of nitrogens with zero attached hydrogens (tertiary/aromatic N) is 1. The Balaban J connectivity index is 2.57. The third kappa shape index (κ3) is 2.46. The molecular formula is C14H14BrClN2O3. The fourth-order valence-corrected chi connectivity index (χ4v) is 3.02. The minimum atomic E-state index is -1.23. The SMILES string of the molecule is CCC1(CC)C(=O)NC(=O)N(c2cc(Cl)ccc2Br)C1=O. The third-order valence-corrected chi connectivity index (χ3v) is 4.73. The lowest BCUT2D eigenvalue weighted by Gasteiger charge is -2.38. The Hall–Kier alpha value is -1.40. The van der Waals surface area contributed by atoms with Gasteiger partial charge in [-0.2, -0.15) is 0 Å². The standard InChI is InChI=1S/C14H14BrClN2O3/c1-3-14(4-2)11(19)17-13(21)18(12(14)20)10-7-8(16)5-6-9(10)15/h5-7H,3-4H2,1-2H3,(H,17,19,21). The number of carbonyl (C=O) groups is 3. The smallest absolute Gasteiger partial charge is 0.276 e. The lowest BCUT2D eigenvalue weighted by Crippen LogP contribution is -2.64. The number of urea groups is 1.